The first-order valence-corrected chi connectivity index (χ1v) is 6.39. The van der Waals surface area contributed by atoms with Crippen molar-refractivity contribution in [3.63, 3.8) is 0 Å². The lowest BCUT2D eigenvalue weighted by Crippen LogP contribution is -2.12. The Morgan fingerprint density at radius 1 is 1.05 bits per heavy atom. The fraction of sp³-hybridized carbons (Fsp3) is 0.286. The minimum atomic E-state index is -2.42. The van der Waals surface area contributed by atoms with Crippen LogP contribution in [0.5, 0.6) is 0 Å². The molecule has 0 saturated heterocycles. The molecule has 0 aliphatic carbocycles. The van der Waals surface area contributed by atoms with Crippen LogP contribution in [0, 0.1) is 0 Å². The van der Waals surface area contributed by atoms with Gasteiger partial charge >= 0.3 is 0 Å². The van der Waals surface area contributed by atoms with Crippen LogP contribution in [0.2, 0.25) is 0 Å². The van der Waals surface area contributed by atoms with Crippen LogP contribution in [-0.4, -0.2) is 29.5 Å². The van der Waals surface area contributed by atoms with Gasteiger partial charge in [-0.05, 0) is 6.92 Å². The van der Waals surface area contributed by atoms with Crippen molar-refractivity contribution in [2.75, 3.05) is 23.7 Å². The number of alkyl halides is 2. The molecule has 1 heterocycles. The predicted octanol–water partition coefficient (Wildman–Crippen LogP) is 3.25. The first-order chi connectivity index (χ1) is 9.69. The number of nitrogens with one attached hydrogen (secondary N) is 2. The molecule has 0 aliphatic heterocycles. The molecule has 1 aromatic heterocycles. The maximum absolute atomic E-state index is 12.3. The molecule has 0 atom stereocenters. The van der Waals surface area contributed by atoms with Gasteiger partial charge in [0.05, 0.1) is 6.54 Å². The van der Waals surface area contributed by atoms with Crippen molar-refractivity contribution in [2.45, 2.75) is 13.3 Å². The van der Waals surface area contributed by atoms with Crippen LogP contribution < -0.4 is 10.6 Å². The zero-order valence-electron chi connectivity index (χ0n) is 11.1. The second-order valence-electron chi connectivity index (χ2n) is 4.13. The molecule has 1 aromatic carbocycles. The van der Waals surface area contributed by atoms with Gasteiger partial charge in [-0.1, -0.05) is 30.3 Å². The highest BCUT2D eigenvalue weighted by atomic mass is 19.3. The van der Waals surface area contributed by atoms with Crippen LogP contribution in [0.25, 0.3) is 11.4 Å². The molecule has 0 aliphatic rings. The maximum Gasteiger partial charge on any atom is 0.255 e. The van der Waals surface area contributed by atoms with Crippen LogP contribution >= 0.6 is 0 Å². The zero-order chi connectivity index (χ0) is 14.4. The molecule has 0 unspecified atom stereocenters. The fourth-order valence-electron chi connectivity index (χ4n) is 1.71. The lowest BCUT2D eigenvalue weighted by Gasteiger charge is -2.10. The van der Waals surface area contributed by atoms with E-state index >= 15 is 0 Å². The molecule has 0 amide bonds. The Hall–Kier alpha value is -2.24. The highest BCUT2D eigenvalue weighted by Crippen LogP contribution is 2.20. The molecule has 4 nitrogen and oxygen atoms in total. The minimum Gasteiger partial charge on any atom is -0.370 e. The van der Waals surface area contributed by atoms with Gasteiger partial charge in [0.25, 0.3) is 6.43 Å². The van der Waals surface area contributed by atoms with Gasteiger partial charge in [0.2, 0.25) is 0 Å². The largest absolute Gasteiger partial charge is 0.370 e. The van der Waals surface area contributed by atoms with E-state index < -0.39 is 13.0 Å². The monoisotopic (exact) mass is 278 g/mol. The summed E-state index contributed by atoms with van der Waals surface area (Å²) in [6.07, 6.45) is -2.42. The third-order valence-corrected chi connectivity index (χ3v) is 2.55. The second-order valence-corrected chi connectivity index (χ2v) is 4.13. The quantitative estimate of drug-likeness (QED) is 0.851. The average Bonchev–Trinajstić information content (AvgIpc) is 2.46. The van der Waals surface area contributed by atoms with E-state index in [1.165, 1.54) is 0 Å². The van der Waals surface area contributed by atoms with Crippen molar-refractivity contribution >= 4 is 11.6 Å². The van der Waals surface area contributed by atoms with Crippen molar-refractivity contribution in [3.05, 3.63) is 36.4 Å². The molecule has 0 spiro atoms. The van der Waals surface area contributed by atoms with Gasteiger partial charge in [-0.15, -0.1) is 0 Å². The molecular weight excluding hydrogens is 262 g/mol. The number of hydrogen-bond acceptors (Lipinski definition) is 4. The zero-order valence-corrected chi connectivity index (χ0v) is 11.1. The van der Waals surface area contributed by atoms with Crippen LogP contribution in [0.15, 0.2) is 36.4 Å². The number of aromatic nitrogens is 2. The third kappa shape index (κ3) is 3.88. The van der Waals surface area contributed by atoms with Gasteiger partial charge in [-0.25, -0.2) is 18.7 Å². The molecule has 106 valence electrons. The molecule has 2 rings (SSSR count). The summed E-state index contributed by atoms with van der Waals surface area (Å²) in [6.45, 7) is 2.20. The molecule has 20 heavy (non-hydrogen) atoms. The van der Waals surface area contributed by atoms with Crippen molar-refractivity contribution < 1.29 is 8.78 Å². The molecule has 6 heteroatoms. The smallest absolute Gasteiger partial charge is 0.255 e. The molecule has 2 N–H and O–H groups in total. The summed E-state index contributed by atoms with van der Waals surface area (Å²) in [4.78, 5) is 8.63. The minimum absolute atomic E-state index is 0.384. The first-order valence-electron chi connectivity index (χ1n) is 6.39. The van der Waals surface area contributed by atoms with Crippen molar-refractivity contribution in [1.82, 2.24) is 9.97 Å². The summed E-state index contributed by atoms with van der Waals surface area (Å²) in [5.74, 6) is 1.49. The van der Waals surface area contributed by atoms with Crippen molar-refractivity contribution in [2.24, 2.45) is 0 Å². The molecular formula is C14H16F2N4. The first kappa shape index (κ1) is 14.2. The second kappa shape index (κ2) is 6.79. The normalized spacial score (nSPS) is 10.6. The summed E-state index contributed by atoms with van der Waals surface area (Å²) < 4.78 is 24.5. The fourth-order valence-corrected chi connectivity index (χ4v) is 1.71. The summed E-state index contributed by atoms with van der Waals surface area (Å²) in [6, 6.07) is 11.0. The van der Waals surface area contributed by atoms with Crippen LogP contribution in [0.3, 0.4) is 0 Å². The molecule has 2 aromatic rings. The average molecular weight is 278 g/mol. The Labute approximate surface area is 116 Å². The third-order valence-electron chi connectivity index (χ3n) is 2.55. The van der Waals surface area contributed by atoms with E-state index in [2.05, 4.69) is 20.6 Å². The molecule has 0 fully saturated rings. The topological polar surface area (TPSA) is 49.8 Å². The summed E-state index contributed by atoms with van der Waals surface area (Å²) in [7, 11) is 0. The number of rotatable bonds is 6. The highest BCUT2D eigenvalue weighted by Gasteiger charge is 2.08. The molecule has 0 saturated carbocycles. The SMILES string of the molecule is CCNc1cc(NCC(F)F)nc(-c2ccccc2)n1. The molecule has 0 bridgehead atoms. The van der Waals surface area contributed by atoms with Crippen molar-refractivity contribution in [3.8, 4) is 11.4 Å². The Kier molecular flexibility index (Phi) is 4.81. The van der Waals surface area contributed by atoms with Gasteiger partial charge in [0.15, 0.2) is 5.82 Å². The maximum atomic E-state index is 12.3. The Morgan fingerprint density at radius 2 is 1.70 bits per heavy atom. The van der Waals surface area contributed by atoms with E-state index in [1.807, 2.05) is 37.3 Å². The Balaban J connectivity index is 2.31. The number of halogens is 2. The standard InChI is InChI=1S/C14H16F2N4/c1-2-17-12-8-13(18-9-11(15)16)20-14(19-12)10-6-4-3-5-7-10/h3-8,11H,2,9H2,1H3,(H2,17,18,19,20). The molecule has 0 radical (unpaired) electrons. The van der Waals surface area contributed by atoms with Crippen LogP contribution in [0.4, 0.5) is 20.4 Å². The van der Waals surface area contributed by atoms with E-state index in [4.69, 9.17) is 0 Å². The van der Waals surface area contributed by atoms with E-state index in [9.17, 15) is 8.78 Å². The van der Waals surface area contributed by atoms with E-state index in [0.717, 1.165) is 5.56 Å². The number of benzene rings is 1. The lowest BCUT2D eigenvalue weighted by atomic mass is 10.2. The Morgan fingerprint density at radius 3 is 2.30 bits per heavy atom. The van der Waals surface area contributed by atoms with Crippen LogP contribution in [-0.2, 0) is 0 Å². The van der Waals surface area contributed by atoms with E-state index in [1.54, 1.807) is 6.07 Å². The summed E-state index contributed by atoms with van der Waals surface area (Å²) >= 11 is 0. The van der Waals surface area contributed by atoms with Gasteiger partial charge in [-0.3, -0.25) is 0 Å². The highest BCUT2D eigenvalue weighted by molar-refractivity contribution is 5.61. The predicted molar refractivity (Wildman–Crippen MR) is 76.1 cm³/mol. The van der Waals surface area contributed by atoms with E-state index in [-0.39, 0.29) is 0 Å². The van der Waals surface area contributed by atoms with Crippen molar-refractivity contribution in [1.29, 1.82) is 0 Å². The number of nitrogens with zero attached hydrogens (tertiary/aromatic N) is 2. The van der Waals surface area contributed by atoms with E-state index in [0.29, 0.717) is 24.0 Å². The van der Waals surface area contributed by atoms with Crippen LogP contribution in [0.1, 0.15) is 6.92 Å². The van der Waals surface area contributed by atoms with Gasteiger partial charge in [0, 0.05) is 18.2 Å². The number of hydrogen-bond donors (Lipinski definition) is 2. The number of anilines is 2. The van der Waals surface area contributed by atoms with Gasteiger partial charge < -0.3 is 10.6 Å². The Bertz CT molecular complexity index is 546. The summed E-state index contributed by atoms with van der Waals surface area (Å²) in [5.41, 5.74) is 0.840. The lowest BCUT2D eigenvalue weighted by molar-refractivity contribution is 0.163. The summed E-state index contributed by atoms with van der Waals surface area (Å²) in [5, 5.41) is 5.68. The van der Waals surface area contributed by atoms with Gasteiger partial charge in [0.1, 0.15) is 11.6 Å². The van der Waals surface area contributed by atoms with Gasteiger partial charge in [-0.2, -0.15) is 0 Å².